The van der Waals surface area contributed by atoms with Crippen LogP contribution in [-0.2, 0) is 6.54 Å². The summed E-state index contributed by atoms with van der Waals surface area (Å²) in [5, 5.41) is 3.67. The van der Waals surface area contributed by atoms with Crippen molar-refractivity contribution >= 4 is 0 Å². The number of halogens is 1. The first-order valence-corrected chi connectivity index (χ1v) is 8.17. The molecule has 2 rings (SSSR count). The summed E-state index contributed by atoms with van der Waals surface area (Å²) < 4.78 is 13.3. The molecule has 1 aromatic carbocycles. The first kappa shape index (κ1) is 16.4. The minimum atomic E-state index is -0.146. The van der Waals surface area contributed by atoms with Gasteiger partial charge in [0, 0.05) is 25.7 Å². The quantitative estimate of drug-likeness (QED) is 0.744. The third-order valence-electron chi connectivity index (χ3n) is 4.24. The molecule has 2 nitrogen and oxygen atoms in total. The van der Waals surface area contributed by atoms with E-state index in [2.05, 4.69) is 31.1 Å². The molecule has 0 aromatic heterocycles. The molecule has 1 aliphatic carbocycles. The van der Waals surface area contributed by atoms with Gasteiger partial charge in [0.15, 0.2) is 0 Å². The third kappa shape index (κ3) is 5.76. The van der Waals surface area contributed by atoms with Crippen molar-refractivity contribution in [3.63, 3.8) is 0 Å². The second kappa shape index (κ2) is 7.37. The minimum Gasteiger partial charge on any atom is -0.313 e. The Morgan fingerprint density at radius 3 is 2.76 bits per heavy atom. The zero-order valence-corrected chi connectivity index (χ0v) is 13.7. The van der Waals surface area contributed by atoms with E-state index in [1.807, 2.05) is 6.07 Å². The minimum absolute atomic E-state index is 0.146. The highest BCUT2D eigenvalue weighted by atomic mass is 19.1. The van der Waals surface area contributed by atoms with Gasteiger partial charge in [0.25, 0.3) is 0 Å². The Hall–Kier alpha value is -0.930. The number of hydrogen-bond donors (Lipinski definition) is 1. The maximum atomic E-state index is 13.3. The van der Waals surface area contributed by atoms with E-state index in [4.69, 9.17) is 0 Å². The van der Waals surface area contributed by atoms with Gasteiger partial charge >= 0.3 is 0 Å². The van der Waals surface area contributed by atoms with Crippen LogP contribution in [0.2, 0.25) is 0 Å². The largest absolute Gasteiger partial charge is 0.313 e. The van der Waals surface area contributed by atoms with Crippen LogP contribution in [0.4, 0.5) is 4.39 Å². The maximum absolute atomic E-state index is 13.3. The summed E-state index contributed by atoms with van der Waals surface area (Å²) in [6, 6.07) is 7.69. The normalized spacial score (nSPS) is 18.0. The van der Waals surface area contributed by atoms with E-state index in [1.54, 1.807) is 12.1 Å². The van der Waals surface area contributed by atoms with Gasteiger partial charge in [0.05, 0.1) is 0 Å². The first-order valence-electron chi connectivity index (χ1n) is 8.17. The van der Waals surface area contributed by atoms with Gasteiger partial charge in [0.1, 0.15) is 5.82 Å². The van der Waals surface area contributed by atoms with Gasteiger partial charge in [-0.3, -0.25) is 0 Å². The molecule has 3 heteroatoms. The monoisotopic (exact) mass is 292 g/mol. The molecular weight excluding hydrogens is 263 g/mol. The standard InChI is InChI=1S/C18H29FN2/c1-4-10-18(2,13-20-17-8-9-17)14-21(3)12-15-6-5-7-16(19)11-15/h5-7,11,17,20H,4,8-10,12-14H2,1-3H3. The second-order valence-corrected chi connectivity index (χ2v) is 7.02. The van der Waals surface area contributed by atoms with Crippen LogP contribution in [0.25, 0.3) is 0 Å². The summed E-state index contributed by atoms with van der Waals surface area (Å²) >= 11 is 0. The van der Waals surface area contributed by atoms with Crippen molar-refractivity contribution in [3.05, 3.63) is 35.6 Å². The Morgan fingerprint density at radius 2 is 2.14 bits per heavy atom. The van der Waals surface area contributed by atoms with Gasteiger partial charge in [-0.1, -0.05) is 32.4 Å². The number of rotatable bonds is 9. The van der Waals surface area contributed by atoms with E-state index < -0.39 is 0 Å². The van der Waals surface area contributed by atoms with Crippen LogP contribution < -0.4 is 5.32 Å². The molecular formula is C18H29FN2. The molecule has 0 radical (unpaired) electrons. The predicted molar refractivity (Wildman–Crippen MR) is 86.8 cm³/mol. The fourth-order valence-electron chi connectivity index (χ4n) is 3.16. The Labute approximate surface area is 128 Å². The predicted octanol–water partition coefficient (Wildman–Crippen LogP) is 3.82. The van der Waals surface area contributed by atoms with Gasteiger partial charge in [-0.25, -0.2) is 4.39 Å². The van der Waals surface area contributed by atoms with Crippen LogP contribution in [0, 0.1) is 11.2 Å². The topological polar surface area (TPSA) is 15.3 Å². The molecule has 21 heavy (non-hydrogen) atoms. The summed E-state index contributed by atoms with van der Waals surface area (Å²) in [6.45, 7) is 7.55. The maximum Gasteiger partial charge on any atom is 0.123 e. The van der Waals surface area contributed by atoms with Crippen molar-refractivity contribution < 1.29 is 4.39 Å². The summed E-state index contributed by atoms with van der Waals surface area (Å²) in [7, 11) is 2.13. The van der Waals surface area contributed by atoms with Crippen molar-refractivity contribution in [2.24, 2.45) is 5.41 Å². The smallest absolute Gasteiger partial charge is 0.123 e. The van der Waals surface area contributed by atoms with E-state index in [9.17, 15) is 4.39 Å². The van der Waals surface area contributed by atoms with Crippen LogP contribution in [0.3, 0.4) is 0 Å². The van der Waals surface area contributed by atoms with Crippen LogP contribution in [0.15, 0.2) is 24.3 Å². The molecule has 1 fully saturated rings. The van der Waals surface area contributed by atoms with Crippen molar-refractivity contribution in [2.45, 2.75) is 52.1 Å². The first-order chi connectivity index (χ1) is 10.0. The molecule has 1 N–H and O–H groups in total. The molecule has 1 atom stereocenters. The average molecular weight is 292 g/mol. The van der Waals surface area contributed by atoms with E-state index >= 15 is 0 Å². The number of hydrogen-bond acceptors (Lipinski definition) is 2. The van der Waals surface area contributed by atoms with Crippen LogP contribution >= 0.6 is 0 Å². The third-order valence-corrected chi connectivity index (χ3v) is 4.24. The highest BCUT2D eigenvalue weighted by molar-refractivity contribution is 5.16. The lowest BCUT2D eigenvalue weighted by Gasteiger charge is -2.34. The fourth-order valence-corrected chi connectivity index (χ4v) is 3.16. The lowest BCUT2D eigenvalue weighted by molar-refractivity contribution is 0.167. The molecule has 118 valence electrons. The lowest BCUT2D eigenvalue weighted by atomic mass is 9.84. The van der Waals surface area contributed by atoms with Crippen molar-refractivity contribution in [3.8, 4) is 0 Å². The zero-order chi connectivity index (χ0) is 15.3. The molecule has 1 aromatic rings. The SMILES string of the molecule is CCCC(C)(CNC1CC1)CN(C)Cc1cccc(F)c1. The van der Waals surface area contributed by atoms with Gasteiger partial charge in [-0.15, -0.1) is 0 Å². The van der Waals surface area contributed by atoms with Gasteiger partial charge in [-0.2, -0.15) is 0 Å². The molecule has 0 saturated heterocycles. The van der Waals surface area contributed by atoms with Gasteiger partial charge in [0.2, 0.25) is 0 Å². The average Bonchev–Trinajstić information content (AvgIpc) is 3.20. The Balaban J connectivity index is 1.88. The second-order valence-electron chi connectivity index (χ2n) is 7.02. The van der Waals surface area contributed by atoms with Gasteiger partial charge < -0.3 is 10.2 Å². The van der Waals surface area contributed by atoms with Crippen molar-refractivity contribution in [2.75, 3.05) is 20.1 Å². The Morgan fingerprint density at radius 1 is 1.38 bits per heavy atom. The molecule has 1 aliphatic rings. The molecule has 0 spiro atoms. The number of nitrogens with one attached hydrogen (secondary N) is 1. The lowest BCUT2D eigenvalue weighted by Crippen LogP contribution is -2.41. The fraction of sp³-hybridized carbons (Fsp3) is 0.667. The Bertz CT molecular complexity index is 445. The van der Waals surface area contributed by atoms with Gasteiger partial charge in [-0.05, 0) is 49.4 Å². The molecule has 0 bridgehead atoms. The van der Waals surface area contributed by atoms with Crippen molar-refractivity contribution in [1.82, 2.24) is 10.2 Å². The van der Waals surface area contributed by atoms with Crippen molar-refractivity contribution in [1.29, 1.82) is 0 Å². The Kier molecular flexibility index (Phi) is 5.77. The number of nitrogens with zero attached hydrogens (tertiary/aromatic N) is 1. The molecule has 0 aliphatic heterocycles. The summed E-state index contributed by atoms with van der Waals surface area (Å²) in [5.41, 5.74) is 1.34. The highest BCUT2D eigenvalue weighted by Crippen LogP contribution is 2.27. The van der Waals surface area contributed by atoms with Crippen LogP contribution in [-0.4, -0.2) is 31.1 Å². The molecule has 1 saturated carbocycles. The summed E-state index contributed by atoms with van der Waals surface area (Å²) in [5.74, 6) is -0.146. The van der Waals surface area contributed by atoms with Crippen LogP contribution in [0.5, 0.6) is 0 Å². The van der Waals surface area contributed by atoms with E-state index in [0.29, 0.717) is 5.41 Å². The van der Waals surface area contributed by atoms with E-state index in [0.717, 1.165) is 31.2 Å². The zero-order valence-electron chi connectivity index (χ0n) is 13.7. The molecule has 0 amide bonds. The highest BCUT2D eigenvalue weighted by Gasteiger charge is 2.29. The van der Waals surface area contributed by atoms with Crippen LogP contribution in [0.1, 0.15) is 45.1 Å². The summed E-state index contributed by atoms with van der Waals surface area (Å²) in [4.78, 5) is 2.32. The molecule has 1 unspecified atom stereocenters. The van der Waals surface area contributed by atoms with E-state index in [-0.39, 0.29) is 5.82 Å². The molecule has 0 heterocycles. The summed E-state index contributed by atoms with van der Waals surface area (Å²) in [6.07, 6.45) is 5.10. The van der Waals surface area contributed by atoms with E-state index in [1.165, 1.54) is 31.7 Å². The number of benzene rings is 1.